The van der Waals surface area contributed by atoms with E-state index in [0.717, 1.165) is 56.2 Å². The Labute approximate surface area is 144 Å². The van der Waals surface area contributed by atoms with Crippen LogP contribution in [-0.2, 0) is 10.4 Å². The highest BCUT2D eigenvalue weighted by Gasteiger charge is 2.55. The molecule has 1 aromatic rings. The van der Waals surface area contributed by atoms with Crippen LogP contribution >= 0.6 is 0 Å². The number of amides is 1. The molecule has 4 heteroatoms. The molecule has 3 unspecified atom stereocenters. The highest BCUT2D eigenvalue weighted by Crippen LogP contribution is 2.51. The number of aliphatic hydroxyl groups is 1. The van der Waals surface area contributed by atoms with Crippen molar-refractivity contribution in [3.05, 3.63) is 35.9 Å². The lowest BCUT2D eigenvalue weighted by atomic mass is 9.79. The molecular formula is C20H28N2O2. The van der Waals surface area contributed by atoms with Crippen molar-refractivity contribution >= 4 is 5.91 Å². The summed E-state index contributed by atoms with van der Waals surface area (Å²) in [5.41, 5.74) is -0.636. The number of nitrogens with zero attached hydrogens (tertiary/aromatic N) is 1. The summed E-state index contributed by atoms with van der Waals surface area (Å²) in [6.07, 6.45) is 4.06. The average molecular weight is 328 g/mol. The molecule has 2 N–H and O–H groups in total. The lowest BCUT2D eigenvalue weighted by Gasteiger charge is -2.33. The van der Waals surface area contributed by atoms with Gasteiger partial charge in [-0.05, 0) is 43.2 Å². The number of carbonyl (C=O) groups is 1. The van der Waals surface area contributed by atoms with E-state index in [-0.39, 0.29) is 11.8 Å². The molecule has 0 radical (unpaired) electrons. The van der Waals surface area contributed by atoms with Crippen LogP contribution in [0.25, 0.3) is 0 Å². The number of piperidine rings is 1. The van der Waals surface area contributed by atoms with Crippen LogP contribution in [0.3, 0.4) is 0 Å². The fourth-order valence-corrected chi connectivity index (χ4v) is 5.10. The van der Waals surface area contributed by atoms with Crippen LogP contribution in [0.5, 0.6) is 0 Å². The van der Waals surface area contributed by atoms with E-state index in [1.165, 1.54) is 0 Å². The molecule has 3 fully saturated rings. The highest BCUT2D eigenvalue weighted by atomic mass is 16.3. The summed E-state index contributed by atoms with van der Waals surface area (Å²) in [7, 11) is 2.16. The van der Waals surface area contributed by atoms with Crippen molar-refractivity contribution in [3.63, 3.8) is 0 Å². The van der Waals surface area contributed by atoms with Crippen molar-refractivity contribution in [1.82, 2.24) is 10.2 Å². The minimum atomic E-state index is -1.38. The SMILES string of the molecule is CN1CC2C(CNC(=O)C(O)(c3ccccc3)C3CCCC3)C2C1. The zero-order chi connectivity index (χ0) is 16.7. The summed E-state index contributed by atoms with van der Waals surface area (Å²) >= 11 is 0. The van der Waals surface area contributed by atoms with Crippen molar-refractivity contribution in [2.45, 2.75) is 31.3 Å². The molecule has 24 heavy (non-hydrogen) atoms. The van der Waals surface area contributed by atoms with Crippen LogP contribution in [0.4, 0.5) is 0 Å². The Morgan fingerprint density at radius 3 is 2.46 bits per heavy atom. The third-order valence-corrected chi connectivity index (χ3v) is 6.56. The molecular weight excluding hydrogens is 300 g/mol. The Morgan fingerprint density at radius 2 is 1.83 bits per heavy atom. The number of rotatable bonds is 5. The maximum absolute atomic E-state index is 13.0. The van der Waals surface area contributed by atoms with Gasteiger partial charge >= 0.3 is 0 Å². The predicted molar refractivity (Wildman–Crippen MR) is 93.3 cm³/mol. The minimum absolute atomic E-state index is 0.0322. The van der Waals surface area contributed by atoms with Gasteiger partial charge in [-0.25, -0.2) is 0 Å². The summed E-state index contributed by atoms with van der Waals surface area (Å²) in [6, 6.07) is 9.52. The van der Waals surface area contributed by atoms with E-state index in [1.807, 2.05) is 30.3 Å². The number of hydrogen-bond acceptors (Lipinski definition) is 3. The molecule has 1 saturated heterocycles. The summed E-state index contributed by atoms with van der Waals surface area (Å²) < 4.78 is 0. The van der Waals surface area contributed by atoms with Crippen LogP contribution < -0.4 is 5.32 Å². The smallest absolute Gasteiger partial charge is 0.256 e. The zero-order valence-electron chi connectivity index (χ0n) is 14.4. The van der Waals surface area contributed by atoms with Crippen LogP contribution in [0.15, 0.2) is 30.3 Å². The maximum atomic E-state index is 13.0. The standard InChI is InChI=1S/C20H28N2O2/c1-22-12-17-16(18(17)13-22)11-21-19(23)20(24,15-9-5-6-10-15)14-7-3-2-4-8-14/h2-4,7-8,15-18,24H,5-6,9-13H2,1H3,(H,21,23). The molecule has 2 aliphatic carbocycles. The number of fused-ring (bicyclic) bond motifs is 1. The zero-order valence-corrected chi connectivity index (χ0v) is 14.4. The first-order valence-corrected chi connectivity index (χ1v) is 9.35. The second kappa shape index (κ2) is 6.16. The van der Waals surface area contributed by atoms with Gasteiger partial charge in [-0.3, -0.25) is 4.79 Å². The van der Waals surface area contributed by atoms with Crippen molar-refractivity contribution < 1.29 is 9.90 Å². The van der Waals surface area contributed by atoms with Crippen molar-refractivity contribution in [2.24, 2.45) is 23.7 Å². The average Bonchev–Trinajstić information content (AvgIpc) is 3.03. The Balaban J connectivity index is 1.46. The van der Waals surface area contributed by atoms with Crippen LogP contribution in [0.2, 0.25) is 0 Å². The number of benzene rings is 1. The van der Waals surface area contributed by atoms with Crippen molar-refractivity contribution in [3.8, 4) is 0 Å². The normalized spacial score (nSPS) is 32.3. The molecule has 2 saturated carbocycles. The van der Waals surface area contributed by atoms with E-state index in [0.29, 0.717) is 12.5 Å². The van der Waals surface area contributed by atoms with E-state index in [2.05, 4.69) is 17.3 Å². The van der Waals surface area contributed by atoms with Gasteiger partial charge in [-0.1, -0.05) is 43.2 Å². The van der Waals surface area contributed by atoms with E-state index in [1.54, 1.807) is 0 Å². The third kappa shape index (κ3) is 2.66. The number of nitrogens with one attached hydrogen (secondary N) is 1. The second-order valence-electron chi connectivity index (χ2n) is 8.04. The van der Waals surface area contributed by atoms with Gasteiger partial charge < -0.3 is 15.3 Å². The molecule has 130 valence electrons. The number of likely N-dealkylation sites (tertiary alicyclic amines) is 1. The maximum Gasteiger partial charge on any atom is 0.256 e. The Kier molecular flexibility index (Phi) is 4.13. The lowest BCUT2D eigenvalue weighted by Crippen LogP contribution is -2.49. The highest BCUT2D eigenvalue weighted by molar-refractivity contribution is 5.86. The number of hydrogen-bond donors (Lipinski definition) is 2. The predicted octanol–water partition coefficient (Wildman–Crippen LogP) is 1.99. The first kappa shape index (κ1) is 16.1. The molecule has 0 bridgehead atoms. The van der Waals surface area contributed by atoms with Gasteiger partial charge in [0.05, 0.1) is 0 Å². The van der Waals surface area contributed by atoms with Crippen LogP contribution in [-0.4, -0.2) is 42.6 Å². The molecule has 1 amide bonds. The van der Waals surface area contributed by atoms with Crippen molar-refractivity contribution in [2.75, 3.05) is 26.7 Å². The summed E-state index contributed by atoms with van der Waals surface area (Å²) in [5.74, 6) is 1.93. The van der Waals surface area contributed by atoms with Crippen LogP contribution in [0, 0.1) is 23.7 Å². The molecule has 4 nitrogen and oxygen atoms in total. The molecule has 0 spiro atoms. The molecule has 1 heterocycles. The first-order chi connectivity index (χ1) is 11.6. The van der Waals surface area contributed by atoms with E-state index >= 15 is 0 Å². The summed E-state index contributed by atoms with van der Waals surface area (Å²) in [4.78, 5) is 15.4. The van der Waals surface area contributed by atoms with Gasteiger partial charge in [-0.15, -0.1) is 0 Å². The van der Waals surface area contributed by atoms with Crippen molar-refractivity contribution in [1.29, 1.82) is 0 Å². The quantitative estimate of drug-likeness (QED) is 0.869. The van der Waals surface area contributed by atoms with Gasteiger partial charge in [0.2, 0.25) is 0 Å². The third-order valence-electron chi connectivity index (χ3n) is 6.56. The van der Waals surface area contributed by atoms with Gasteiger partial charge in [0, 0.05) is 25.6 Å². The Bertz CT molecular complexity index is 587. The first-order valence-electron chi connectivity index (χ1n) is 9.35. The largest absolute Gasteiger partial charge is 0.375 e. The number of carbonyl (C=O) groups excluding carboxylic acids is 1. The van der Waals surface area contributed by atoms with Gasteiger partial charge in [0.1, 0.15) is 0 Å². The molecule has 1 aliphatic heterocycles. The van der Waals surface area contributed by atoms with E-state index in [9.17, 15) is 9.90 Å². The molecule has 0 aromatic heterocycles. The minimum Gasteiger partial charge on any atom is -0.375 e. The van der Waals surface area contributed by atoms with Crippen LogP contribution in [0.1, 0.15) is 31.2 Å². The van der Waals surface area contributed by atoms with Gasteiger partial charge in [0.15, 0.2) is 5.60 Å². The second-order valence-corrected chi connectivity index (χ2v) is 8.04. The summed E-state index contributed by atoms with van der Waals surface area (Å²) in [5, 5.41) is 14.5. The monoisotopic (exact) mass is 328 g/mol. The molecule has 3 atom stereocenters. The molecule has 1 aromatic carbocycles. The summed E-state index contributed by atoms with van der Waals surface area (Å²) in [6.45, 7) is 3.01. The fourth-order valence-electron chi connectivity index (χ4n) is 5.10. The molecule has 4 rings (SSSR count). The fraction of sp³-hybridized carbons (Fsp3) is 0.650. The Morgan fingerprint density at radius 1 is 1.21 bits per heavy atom. The van der Waals surface area contributed by atoms with E-state index < -0.39 is 5.60 Å². The Hall–Kier alpha value is -1.39. The van der Waals surface area contributed by atoms with E-state index in [4.69, 9.17) is 0 Å². The lowest BCUT2D eigenvalue weighted by molar-refractivity contribution is -0.147. The van der Waals surface area contributed by atoms with Gasteiger partial charge in [0.25, 0.3) is 5.91 Å². The topological polar surface area (TPSA) is 52.6 Å². The van der Waals surface area contributed by atoms with Gasteiger partial charge in [-0.2, -0.15) is 0 Å². The molecule has 3 aliphatic rings.